The minimum absolute atomic E-state index is 0.0383. The molecule has 0 unspecified atom stereocenters. The molecule has 2 heterocycles. The molecular weight excluding hydrogens is 676 g/mol. The van der Waals surface area contributed by atoms with Gasteiger partial charge in [-0.3, -0.25) is 9.80 Å². The summed E-state index contributed by atoms with van der Waals surface area (Å²) in [7, 11) is 17.7. The van der Waals surface area contributed by atoms with Crippen molar-refractivity contribution in [2.75, 3.05) is 84.1 Å². The molecule has 0 N–H and O–H groups in total. The predicted molar refractivity (Wildman–Crippen MR) is 203 cm³/mol. The van der Waals surface area contributed by atoms with Crippen LogP contribution in [0.25, 0.3) is 11.1 Å². The third-order valence-corrected chi connectivity index (χ3v) is 11.2. The standard InChI is InChI=1S/C42H50N2O9/c1-43-13-11-23-17-32(45-3)34(47-5)20-27(23)29(43)16-25-19-33(46-4)36(49-7)22-31(25)53-37-18-24-15-30-38-26(12-14-44(30)2)40(50-8)42(52-10)41(51-9)39(38)28(24)21-35(37)48-6/h17-22,29-30H,11-16H2,1-10H3/t29-,30-/m0/s1. The maximum Gasteiger partial charge on any atom is 0.204 e. The number of benzene rings is 4. The smallest absolute Gasteiger partial charge is 0.204 e. The molecule has 0 amide bonds. The highest BCUT2D eigenvalue weighted by molar-refractivity contribution is 5.87. The van der Waals surface area contributed by atoms with Gasteiger partial charge in [0.2, 0.25) is 5.75 Å². The van der Waals surface area contributed by atoms with E-state index in [4.69, 9.17) is 42.6 Å². The fraction of sp³-hybridized carbons (Fsp3) is 0.429. The highest BCUT2D eigenvalue weighted by Gasteiger charge is 2.40. The van der Waals surface area contributed by atoms with E-state index in [1.807, 2.05) is 12.1 Å². The Morgan fingerprint density at radius 1 is 0.547 bits per heavy atom. The van der Waals surface area contributed by atoms with Crippen LogP contribution in [0.2, 0.25) is 0 Å². The quantitative estimate of drug-likeness (QED) is 0.150. The van der Waals surface area contributed by atoms with Gasteiger partial charge in [-0.05, 0) is 97.9 Å². The number of fused-ring (bicyclic) bond motifs is 3. The average molecular weight is 727 g/mol. The van der Waals surface area contributed by atoms with Crippen molar-refractivity contribution in [1.29, 1.82) is 0 Å². The molecule has 11 nitrogen and oxygen atoms in total. The van der Waals surface area contributed by atoms with Gasteiger partial charge in [-0.25, -0.2) is 0 Å². The van der Waals surface area contributed by atoms with Crippen LogP contribution in [0.1, 0.15) is 45.5 Å². The van der Waals surface area contributed by atoms with Crippen LogP contribution in [0.15, 0.2) is 36.4 Å². The summed E-state index contributed by atoms with van der Waals surface area (Å²) in [6.45, 7) is 1.79. The number of methoxy groups -OCH3 is 8. The topological polar surface area (TPSA) is 89.6 Å². The summed E-state index contributed by atoms with van der Waals surface area (Å²) in [5.74, 6) is 6.47. The Morgan fingerprint density at radius 3 is 1.79 bits per heavy atom. The van der Waals surface area contributed by atoms with Crippen molar-refractivity contribution in [2.45, 2.75) is 37.8 Å². The molecule has 53 heavy (non-hydrogen) atoms. The Balaban J connectivity index is 1.35. The van der Waals surface area contributed by atoms with Crippen LogP contribution in [-0.2, 0) is 25.7 Å². The lowest BCUT2D eigenvalue weighted by atomic mass is 9.76. The van der Waals surface area contributed by atoms with E-state index in [0.29, 0.717) is 52.4 Å². The van der Waals surface area contributed by atoms with Crippen LogP contribution >= 0.6 is 0 Å². The molecule has 0 radical (unpaired) electrons. The fourth-order valence-electron chi connectivity index (χ4n) is 8.51. The third-order valence-electron chi connectivity index (χ3n) is 11.2. The molecule has 11 heteroatoms. The molecule has 4 aromatic rings. The van der Waals surface area contributed by atoms with Gasteiger partial charge in [0.15, 0.2) is 46.0 Å². The van der Waals surface area contributed by atoms with Crippen LogP contribution in [-0.4, -0.2) is 93.9 Å². The molecule has 1 aliphatic carbocycles. The number of hydrogen-bond donors (Lipinski definition) is 0. The summed E-state index contributed by atoms with van der Waals surface area (Å²) in [6, 6.07) is 12.4. The van der Waals surface area contributed by atoms with Gasteiger partial charge in [-0.2, -0.15) is 0 Å². The zero-order valence-corrected chi connectivity index (χ0v) is 32.4. The minimum Gasteiger partial charge on any atom is -0.493 e. The molecule has 7 rings (SSSR count). The molecule has 2 aliphatic heterocycles. The first-order valence-corrected chi connectivity index (χ1v) is 17.9. The maximum absolute atomic E-state index is 6.93. The second-order valence-electron chi connectivity index (χ2n) is 13.8. The fourth-order valence-corrected chi connectivity index (χ4v) is 8.51. The number of likely N-dealkylation sites (N-methyl/N-ethyl adjacent to an activating group) is 2. The minimum atomic E-state index is 0.0383. The van der Waals surface area contributed by atoms with E-state index in [9.17, 15) is 0 Å². The zero-order chi connectivity index (χ0) is 37.6. The van der Waals surface area contributed by atoms with Gasteiger partial charge in [0.1, 0.15) is 5.75 Å². The highest BCUT2D eigenvalue weighted by atomic mass is 16.5. The summed E-state index contributed by atoms with van der Waals surface area (Å²) >= 11 is 0. The molecule has 0 bridgehead atoms. The van der Waals surface area contributed by atoms with Crippen molar-refractivity contribution in [3.63, 3.8) is 0 Å². The molecule has 0 spiro atoms. The summed E-state index contributed by atoms with van der Waals surface area (Å²) in [5.41, 5.74) is 8.91. The van der Waals surface area contributed by atoms with Gasteiger partial charge in [-0.1, -0.05) is 0 Å². The molecule has 282 valence electrons. The van der Waals surface area contributed by atoms with E-state index in [1.54, 1.807) is 56.9 Å². The number of rotatable bonds is 12. The molecule has 2 atom stereocenters. The Labute approximate surface area is 312 Å². The van der Waals surface area contributed by atoms with E-state index < -0.39 is 0 Å². The van der Waals surface area contributed by atoms with Crippen LogP contribution in [0.5, 0.6) is 57.5 Å². The van der Waals surface area contributed by atoms with Crippen molar-refractivity contribution in [3.05, 3.63) is 69.8 Å². The maximum atomic E-state index is 6.93. The first-order chi connectivity index (χ1) is 25.7. The normalized spacial score (nSPS) is 17.5. The van der Waals surface area contributed by atoms with E-state index in [2.05, 4.69) is 48.2 Å². The van der Waals surface area contributed by atoms with Crippen LogP contribution in [0, 0.1) is 0 Å². The van der Waals surface area contributed by atoms with Crippen molar-refractivity contribution in [2.24, 2.45) is 0 Å². The van der Waals surface area contributed by atoms with Crippen molar-refractivity contribution >= 4 is 0 Å². The lowest BCUT2D eigenvalue weighted by Gasteiger charge is -2.41. The van der Waals surface area contributed by atoms with Crippen molar-refractivity contribution < 1.29 is 42.6 Å². The average Bonchev–Trinajstić information content (AvgIpc) is 3.18. The Bertz CT molecular complexity index is 2030. The second-order valence-corrected chi connectivity index (χ2v) is 13.8. The third kappa shape index (κ3) is 6.09. The molecule has 0 aromatic heterocycles. The van der Waals surface area contributed by atoms with Gasteiger partial charge in [0.25, 0.3) is 0 Å². The lowest BCUT2D eigenvalue weighted by Crippen LogP contribution is -2.36. The number of ether oxygens (including phenoxy) is 9. The monoisotopic (exact) mass is 726 g/mol. The molecule has 0 saturated heterocycles. The van der Waals surface area contributed by atoms with Gasteiger partial charge in [0.05, 0.1) is 56.9 Å². The molecule has 4 aromatic carbocycles. The van der Waals surface area contributed by atoms with Gasteiger partial charge in [-0.15, -0.1) is 0 Å². The lowest BCUT2D eigenvalue weighted by molar-refractivity contribution is 0.222. The van der Waals surface area contributed by atoms with Gasteiger partial charge >= 0.3 is 0 Å². The largest absolute Gasteiger partial charge is 0.493 e. The van der Waals surface area contributed by atoms with E-state index in [0.717, 1.165) is 71.7 Å². The molecule has 3 aliphatic rings. The van der Waals surface area contributed by atoms with Crippen molar-refractivity contribution in [3.8, 4) is 68.6 Å². The SMILES string of the molecule is COc1cc(C[C@H]2c3cc(OC)c(OC)cc3CCN2C)c(Oc2cc3c(cc2OC)-c2c(OC)c(OC)c(OC)c4c2[C@H](C3)N(C)CC4)cc1OC. The Morgan fingerprint density at radius 2 is 1.13 bits per heavy atom. The number of hydrogen-bond acceptors (Lipinski definition) is 11. The van der Waals surface area contributed by atoms with Gasteiger partial charge in [0, 0.05) is 47.9 Å². The van der Waals surface area contributed by atoms with Crippen molar-refractivity contribution in [1.82, 2.24) is 9.80 Å². The van der Waals surface area contributed by atoms with Crippen LogP contribution in [0.4, 0.5) is 0 Å². The summed E-state index contributed by atoms with van der Waals surface area (Å²) < 4.78 is 53.9. The van der Waals surface area contributed by atoms with E-state index in [-0.39, 0.29) is 12.1 Å². The second kappa shape index (κ2) is 14.8. The summed E-state index contributed by atoms with van der Waals surface area (Å²) in [4.78, 5) is 4.78. The first-order valence-electron chi connectivity index (χ1n) is 17.9. The zero-order valence-electron chi connectivity index (χ0n) is 32.4. The van der Waals surface area contributed by atoms with Crippen LogP contribution in [0.3, 0.4) is 0 Å². The predicted octanol–water partition coefficient (Wildman–Crippen LogP) is 7.07. The van der Waals surface area contributed by atoms with Crippen LogP contribution < -0.4 is 42.6 Å². The summed E-state index contributed by atoms with van der Waals surface area (Å²) in [5, 5.41) is 0. The van der Waals surface area contributed by atoms with Gasteiger partial charge < -0.3 is 42.6 Å². The first kappa shape index (κ1) is 36.4. The number of nitrogens with zero attached hydrogens (tertiary/aromatic N) is 2. The van der Waals surface area contributed by atoms with E-state index >= 15 is 0 Å². The summed E-state index contributed by atoms with van der Waals surface area (Å²) in [6.07, 6.45) is 3.17. The Hall–Kier alpha value is -5.00. The molecule has 0 fully saturated rings. The Kier molecular flexibility index (Phi) is 10.1. The molecular formula is C42H50N2O9. The highest BCUT2D eigenvalue weighted by Crippen LogP contribution is 2.58. The van der Waals surface area contributed by atoms with E-state index in [1.165, 1.54) is 16.7 Å². The molecule has 0 saturated carbocycles.